The Bertz CT molecular complexity index is 246. The number of carbonyl (C=O) groups is 1. The molecule has 0 radical (unpaired) electrons. The van der Waals surface area contributed by atoms with Gasteiger partial charge in [0.25, 0.3) is 0 Å². The number of rotatable bonds is 5. The number of hydrogen-bond donors (Lipinski definition) is 4. The third-order valence-electron chi connectivity index (χ3n) is 0.788. The summed E-state index contributed by atoms with van der Waals surface area (Å²) in [4.78, 5) is 35.2. The summed E-state index contributed by atoms with van der Waals surface area (Å²) in [7, 11) is -7.54. The van der Waals surface area contributed by atoms with E-state index in [1.54, 1.807) is 0 Å². The molecule has 0 rings (SSSR count). The average Bonchev–Trinajstić information content (AvgIpc) is 1.81. The molecule has 10 heteroatoms. The zero-order valence-electron chi connectivity index (χ0n) is 6.34. The van der Waals surface area contributed by atoms with E-state index in [0.717, 1.165) is 0 Å². The molecule has 0 aromatic heterocycles. The first-order valence-electron chi connectivity index (χ1n) is 3.00. The minimum atomic E-state index is -4.21. The highest BCUT2D eigenvalue weighted by Crippen LogP contribution is 2.31. The molecule has 0 aromatic rings. The topological polar surface area (TPSA) is 133 Å². The van der Waals surface area contributed by atoms with Gasteiger partial charge in [0.2, 0.25) is 0 Å². The SMILES string of the molecule is O=C(CNCP(=O)(O)O)O[PH](=O)O. The fourth-order valence-electron chi connectivity index (χ4n) is 0.437. The first-order chi connectivity index (χ1) is 5.81. The van der Waals surface area contributed by atoms with Gasteiger partial charge >= 0.3 is 21.8 Å². The Morgan fingerprint density at radius 3 is 2.46 bits per heavy atom. The van der Waals surface area contributed by atoms with E-state index in [2.05, 4.69) is 9.84 Å². The standard InChI is InChI=1S/C3H9NO7P2/c5-3(11-12(6)7)1-4-2-13(8,9)10/h4,12H,1-2H2,(H,6,7)(H2,8,9,10). The van der Waals surface area contributed by atoms with Gasteiger partial charge in [-0.05, 0) is 0 Å². The normalized spacial score (nSPS) is 13.8. The lowest BCUT2D eigenvalue weighted by Gasteiger charge is -2.04. The van der Waals surface area contributed by atoms with Crippen molar-refractivity contribution in [2.45, 2.75) is 0 Å². The summed E-state index contributed by atoms with van der Waals surface area (Å²) in [5.74, 6) is -1.04. The summed E-state index contributed by atoms with van der Waals surface area (Å²) >= 11 is 0. The van der Waals surface area contributed by atoms with Crippen molar-refractivity contribution in [2.24, 2.45) is 0 Å². The molecular formula is C3H9NO7P2. The zero-order valence-corrected chi connectivity index (χ0v) is 8.23. The van der Waals surface area contributed by atoms with Gasteiger partial charge in [0.15, 0.2) is 0 Å². The Morgan fingerprint density at radius 1 is 1.54 bits per heavy atom. The third-order valence-corrected chi connectivity index (χ3v) is 1.83. The molecule has 0 saturated carbocycles. The van der Waals surface area contributed by atoms with Crippen molar-refractivity contribution >= 4 is 21.8 Å². The zero-order chi connectivity index (χ0) is 10.5. The Labute approximate surface area is 74.0 Å². The summed E-state index contributed by atoms with van der Waals surface area (Å²) in [5.41, 5.74) is 0. The molecule has 0 aliphatic carbocycles. The smallest absolute Gasteiger partial charge is 0.367 e. The molecule has 0 saturated heterocycles. The molecule has 0 amide bonds. The van der Waals surface area contributed by atoms with Crippen LogP contribution >= 0.6 is 15.9 Å². The van der Waals surface area contributed by atoms with E-state index in [1.807, 2.05) is 0 Å². The quantitative estimate of drug-likeness (QED) is 0.427. The van der Waals surface area contributed by atoms with Crippen LogP contribution in [0.4, 0.5) is 0 Å². The Morgan fingerprint density at radius 2 is 2.08 bits per heavy atom. The molecule has 1 unspecified atom stereocenters. The fraction of sp³-hybridized carbons (Fsp3) is 0.667. The minimum absolute atomic E-state index is 0.526. The van der Waals surface area contributed by atoms with Crippen LogP contribution in [0.25, 0.3) is 0 Å². The van der Waals surface area contributed by atoms with Crippen molar-refractivity contribution in [1.82, 2.24) is 5.32 Å². The van der Waals surface area contributed by atoms with Crippen LogP contribution in [0.3, 0.4) is 0 Å². The Kier molecular flexibility index (Phi) is 5.39. The predicted molar refractivity (Wildman–Crippen MR) is 42.2 cm³/mol. The van der Waals surface area contributed by atoms with Gasteiger partial charge in [-0.1, -0.05) is 0 Å². The van der Waals surface area contributed by atoms with Crippen LogP contribution in [0, 0.1) is 0 Å². The van der Waals surface area contributed by atoms with Gasteiger partial charge in [-0.15, -0.1) is 0 Å². The molecule has 0 fully saturated rings. The second-order valence-electron chi connectivity index (χ2n) is 1.99. The molecule has 4 N–H and O–H groups in total. The largest absolute Gasteiger partial charge is 0.393 e. The second-order valence-corrected chi connectivity index (χ2v) is 4.37. The molecule has 0 aliphatic rings. The van der Waals surface area contributed by atoms with E-state index in [-0.39, 0.29) is 0 Å². The number of carbonyl (C=O) groups excluding carboxylic acids is 1. The van der Waals surface area contributed by atoms with Gasteiger partial charge in [0.1, 0.15) is 0 Å². The van der Waals surface area contributed by atoms with Gasteiger partial charge in [-0.3, -0.25) is 14.7 Å². The summed E-state index contributed by atoms with van der Waals surface area (Å²) < 4.78 is 24.0. The van der Waals surface area contributed by atoms with Gasteiger partial charge in [-0.2, -0.15) is 0 Å². The third kappa shape index (κ3) is 9.69. The fourth-order valence-corrected chi connectivity index (χ4v) is 1.11. The molecule has 0 spiro atoms. The maximum absolute atomic E-state index is 10.5. The molecule has 13 heavy (non-hydrogen) atoms. The minimum Gasteiger partial charge on any atom is -0.393 e. The van der Waals surface area contributed by atoms with Crippen LogP contribution in [-0.4, -0.2) is 33.5 Å². The maximum Gasteiger partial charge on any atom is 0.367 e. The average molecular weight is 233 g/mol. The number of nitrogens with one attached hydrogen (secondary N) is 1. The highest BCUT2D eigenvalue weighted by Gasteiger charge is 2.13. The van der Waals surface area contributed by atoms with Crippen molar-refractivity contribution in [3.63, 3.8) is 0 Å². The molecular weight excluding hydrogens is 224 g/mol. The van der Waals surface area contributed by atoms with Crippen LogP contribution in [-0.2, 0) is 18.4 Å². The van der Waals surface area contributed by atoms with E-state index in [4.69, 9.17) is 14.7 Å². The van der Waals surface area contributed by atoms with Crippen LogP contribution in [0.2, 0.25) is 0 Å². The van der Waals surface area contributed by atoms with Crippen molar-refractivity contribution in [3.05, 3.63) is 0 Å². The molecule has 0 bridgehead atoms. The predicted octanol–water partition coefficient (Wildman–Crippen LogP) is -1.36. The molecule has 0 aliphatic heterocycles. The van der Waals surface area contributed by atoms with Gasteiger partial charge in [0, 0.05) is 0 Å². The lowest BCUT2D eigenvalue weighted by molar-refractivity contribution is -0.133. The first kappa shape index (κ1) is 12.8. The van der Waals surface area contributed by atoms with Crippen LogP contribution in [0.1, 0.15) is 0 Å². The van der Waals surface area contributed by atoms with Crippen molar-refractivity contribution in [3.8, 4) is 0 Å². The second kappa shape index (κ2) is 5.49. The van der Waals surface area contributed by atoms with Crippen molar-refractivity contribution < 1.29 is 33.1 Å². The maximum atomic E-state index is 10.5. The summed E-state index contributed by atoms with van der Waals surface area (Å²) in [6.07, 6.45) is -0.686. The molecule has 8 nitrogen and oxygen atoms in total. The summed E-state index contributed by atoms with van der Waals surface area (Å²) in [6, 6.07) is 0. The van der Waals surface area contributed by atoms with Gasteiger partial charge < -0.3 is 19.2 Å². The molecule has 0 heterocycles. The summed E-state index contributed by atoms with van der Waals surface area (Å²) in [6.45, 7) is -0.526. The highest BCUT2D eigenvalue weighted by molar-refractivity contribution is 7.51. The van der Waals surface area contributed by atoms with Gasteiger partial charge in [-0.25, -0.2) is 4.57 Å². The Hall–Kier alpha value is -0.230. The number of hydrogen-bond acceptors (Lipinski definition) is 5. The van der Waals surface area contributed by atoms with Crippen molar-refractivity contribution in [1.29, 1.82) is 0 Å². The monoisotopic (exact) mass is 233 g/mol. The van der Waals surface area contributed by atoms with Crippen LogP contribution in [0.15, 0.2) is 0 Å². The molecule has 0 aromatic carbocycles. The van der Waals surface area contributed by atoms with E-state index in [1.165, 1.54) is 0 Å². The Balaban J connectivity index is 3.60. The lowest BCUT2D eigenvalue weighted by Crippen LogP contribution is -2.24. The molecule has 1 atom stereocenters. The highest BCUT2D eigenvalue weighted by atomic mass is 31.2. The van der Waals surface area contributed by atoms with Crippen LogP contribution < -0.4 is 5.32 Å². The van der Waals surface area contributed by atoms with E-state index >= 15 is 0 Å². The van der Waals surface area contributed by atoms with Crippen LogP contribution in [0.5, 0.6) is 0 Å². The lowest BCUT2D eigenvalue weighted by atomic mass is 10.7. The molecule has 78 valence electrons. The van der Waals surface area contributed by atoms with E-state index < -0.39 is 34.7 Å². The van der Waals surface area contributed by atoms with E-state index in [0.29, 0.717) is 0 Å². The summed E-state index contributed by atoms with van der Waals surface area (Å²) in [5, 5.41) is 2.06. The van der Waals surface area contributed by atoms with Gasteiger partial charge in [0.05, 0.1) is 12.8 Å². The van der Waals surface area contributed by atoms with Crippen molar-refractivity contribution in [2.75, 3.05) is 12.8 Å². The first-order valence-corrected chi connectivity index (χ1v) is 6.06. The van der Waals surface area contributed by atoms with E-state index in [9.17, 15) is 13.9 Å².